The zero-order chi connectivity index (χ0) is 13.8. The van der Waals surface area contributed by atoms with Gasteiger partial charge in [0.1, 0.15) is 15.5 Å². The van der Waals surface area contributed by atoms with Crippen LogP contribution in [-0.4, -0.2) is 37.6 Å². The average molecular weight is 274 g/mol. The molecule has 0 saturated carbocycles. The number of rotatable bonds is 6. The van der Waals surface area contributed by atoms with Crippen molar-refractivity contribution in [1.82, 2.24) is 4.57 Å². The normalized spacial score (nSPS) is 11.4. The minimum atomic E-state index is -2.98. The fourth-order valence-electron chi connectivity index (χ4n) is 1.59. The third-order valence-electron chi connectivity index (χ3n) is 2.61. The maximum atomic E-state index is 11.4. The number of sulfone groups is 1. The first-order valence-electron chi connectivity index (χ1n) is 5.64. The van der Waals surface area contributed by atoms with Gasteiger partial charge < -0.3 is 15.0 Å². The molecule has 1 heterocycles. The van der Waals surface area contributed by atoms with Gasteiger partial charge in [0.25, 0.3) is 0 Å². The van der Waals surface area contributed by atoms with E-state index in [1.165, 1.54) is 13.2 Å². The lowest BCUT2D eigenvalue weighted by atomic mass is 10.4. The van der Waals surface area contributed by atoms with E-state index in [1.54, 1.807) is 17.7 Å². The Hall–Kier alpha value is -1.50. The summed E-state index contributed by atoms with van der Waals surface area (Å²) >= 11 is 0. The average Bonchev–Trinajstić information content (AvgIpc) is 2.69. The number of carbonyl (C=O) groups excluding carboxylic acids is 1. The third kappa shape index (κ3) is 3.76. The molecule has 0 atom stereocenters. The highest BCUT2D eigenvalue weighted by Crippen LogP contribution is 2.12. The van der Waals surface area contributed by atoms with Gasteiger partial charge in [-0.25, -0.2) is 13.2 Å². The molecule has 1 rings (SSSR count). The van der Waals surface area contributed by atoms with Crippen LogP contribution < -0.4 is 5.73 Å². The summed E-state index contributed by atoms with van der Waals surface area (Å²) in [5.74, 6) is -0.252. The minimum Gasteiger partial charge on any atom is -0.464 e. The van der Waals surface area contributed by atoms with E-state index in [-0.39, 0.29) is 11.5 Å². The van der Waals surface area contributed by atoms with Crippen molar-refractivity contribution in [3.63, 3.8) is 0 Å². The number of anilines is 1. The molecule has 102 valence electrons. The number of nitrogens with zero attached hydrogens (tertiary/aromatic N) is 1. The van der Waals surface area contributed by atoms with E-state index in [1.807, 2.05) is 0 Å². The number of aromatic nitrogens is 1. The van der Waals surface area contributed by atoms with E-state index in [9.17, 15) is 13.2 Å². The van der Waals surface area contributed by atoms with Crippen LogP contribution in [0.2, 0.25) is 0 Å². The molecule has 6 nitrogen and oxygen atoms in total. The summed E-state index contributed by atoms with van der Waals surface area (Å²) in [5, 5.41) is 0. The van der Waals surface area contributed by atoms with Gasteiger partial charge in [0.05, 0.1) is 18.6 Å². The molecule has 1 aromatic heterocycles. The molecule has 0 saturated heterocycles. The Labute approximate surface area is 107 Å². The molecule has 0 radical (unpaired) electrons. The second-order valence-corrected chi connectivity index (χ2v) is 6.41. The van der Waals surface area contributed by atoms with Crippen molar-refractivity contribution < 1.29 is 17.9 Å². The highest BCUT2D eigenvalue weighted by atomic mass is 32.2. The number of hydrogen-bond donors (Lipinski definition) is 1. The lowest BCUT2D eigenvalue weighted by molar-refractivity contribution is 0.0588. The van der Waals surface area contributed by atoms with Crippen LogP contribution in [0.5, 0.6) is 0 Å². The van der Waals surface area contributed by atoms with Gasteiger partial charge in [0.2, 0.25) is 0 Å². The van der Waals surface area contributed by atoms with E-state index >= 15 is 0 Å². The van der Waals surface area contributed by atoms with E-state index in [2.05, 4.69) is 4.74 Å². The first-order valence-corrected chi connectivity index (χ1v) is 7.46. The largest absolute Gasteiger partial charge is 0.464 e. The van der Waals surface area contributed by atoms with Crippen LogP contribution in [0.25, 0.3) is 0 Å². The first-order chi connectivity index (χ1) is 8.39. The summed E-state index contributed by atoms with van der Waals surface area (Å²) in [7, 11) is -1.69. The van der Waals surface area contributed by atoms with Gasteiger partial charge in [-0.15, -0.1) is 0 Å². The van der Waals surface area contributed by atoms with Crippen LogP contribution in [-0.2, 0) is 21.1 Å². The smallest absolute Gasteiger partial charge is 0.354 e. The Balaban J connectivity index is 2.71. The number of hydrogen-bond acceptors (Lipinski definition) is 5. The van der Waals surface area contributed by atoms with Crippen molar-refractivity contribution in [2.45, 2.75) is 19.9 Å². The molecular formula is C11H18N2O4S. The van der Waals surface area contributed by atoms with Crippen LogP contribution in [0.1, 0.15) is 23.8 Å². The number of nitrogen functional groups attached to an aromatic ring is 1. The molecule has 18 heavy (non-hydrogen) atoms. The molecule has 0 aliphatic heterocycles. The number of carbonyl (C=O) groups is 1. The summed E-state index contributed by atoms with van der Waals surface area (Å²) in [6.45, 7) is 2.03. The Morgan fingerprint density at radius 1 is 1.50 bits per heavy atom. The third-order valence-corrected chi connectivity index (χ3v) is 4.40. The maximum Gasteiger partial charge on any atom is 0.354 e. The van der Waals surface area contributed by atoms with Crippen LogP contribution in [0, 0.1) is 0 Å². The van der Waals surface area contributed by atoms with Crippen LogP contribution in [0.15, 0.2) is 12.3 Å². The predicted octanol–water partition coefficient (Wildman–Crippen LogP) is 0.682. The summed E-state index contributed by atoms with van der Waals surface area (Å²) in [6, 6.07) is 1.51. The van der Waals surface area contributed by atoms with Crippen LogP contribution >= 0.6 is 0 Å². The van der Waals surface area contributed by atoms with Gasteiger partial charge in [-0.1, -0.05) is 6.92 Å². The predicted molar refractivity (Wildman–Crippen MR) is 69.1 cm³/mol. The highest BCUT2D eigenvalue weighted by Gasteiger charge is 2.14. The lowest BCUT2D eigenvalue weighted by Crippen LogP contribution is -2.14. The Morgan fingerprint density at radius 3 is 2.72 bits per heavy atom. The SMILES string of the molecule is CCS(=O)(=O)CCCn1cc(N)cc1C(=O)OC. The van der Waals surface area contributed by atoms with Crippen LogP contribution in [0.4, 0.5) is 5.69 Å². The zero-order valence-corrected chi connectivity index (χ0v) is 11.4. The molecule has 0 fully saturated rings. The topological polar surface area (TPSA) is 91.4 Å². The Bertz CT molecular complexity index is 519. The number of methoxy groups -OCH3 is 1. The minimum absolute atomic E-state index is 0.0994. The fraction of sp³-hybridized carbons (Fsp3) is 0.545. The van der Waals surface area contributed by atoms with Gasteiger partial charge in [-0.2, -0.15) is 0 Å². The summed E-state index contributed by atoms with van der Waals surface area (Å²) in [5.41, 5.74) is 6.40. The quantitative estimate of drug-likeness (QED) is 0.770. The number of aryl methyl sites for hydroxylation is 1. The van der Waals surface area contributed by atoms with Gasteiger partial charge in [0.15, 0.2) is 0 Å². The van der Waals surface area contributed by atoms with Crippen molar-refractivity contribution in [3.05, 3.63) is 18.0 Å². The maximum absolute atomic E-state index is 11.4. The number of ether oxygens (including phenoxy) is 1. The van der Waals surface area contributed by atoms with Crippen molar-refractivity contribution in [2.24, 2.45) is 0 Å². The van der Waals surface area contributed by atoms with E-state index in [0.717, 1.165) is 0 Å². The molecule has 0 aliphatic rings. The number of nitrogens with two attached hydrogens (primary N) is 1. The van der Waals surface area contributed by atoms with Crippen molar-refractivity contribution in [2.75, 3.05) is 24.3 Å². The second kappa shape index (κ2) is 5.90. The van der Waals surface area contributed by atoms with Gasteiger partial charge >= 0.3 is 5.97 Å². The zero-order valence-electron chi connectivity index (χ0n) is 10.5. The molecule has 7 heteroatoms. The fourth-order valence-corrected chi connectivity index (χ4v) is 2.45. The Kier molecular flexibility index (Phi) is 4.77. The molecule has 1 aromatic rings. The van der Waals surface area contributed by atoms with Gasteiger partial charge in [0, 0.05) is 18.5 Å². The number of esters is 1. The molecule has 0 amide bonds. The van der Waals surface area contributed by atoms with Crippen LogP contribution in [0.3, 0.4) is 0 Å². The van der Waals surface area contributed by atoms with E-state index < -0.39 is 15.8 Å². The van der Waals surface area contributed by atoms with Crippen molar-refractivity contribution >= 4 is 21.5 Å². The molecule has 0 unspecified atom stereocenters. The molecule has 0 spiro atoms. The van der Waals surface area contributed by atoms with Gasteiger partial charge in [-0.05, 0) is 12.5 Å². The van der Waals surface area contributed by atoms with Gasteiger partial charge in [-0.3, -0.25) is 0 Å². The second-order valence-electron chi connectivity index (χ2n) is 3.93. The molecule has 0 aliphatic carbocycles. The van der Waals surface area contributed by atoms with Crippen molar-refractivity contribution in [3.8, 4) is 0 Å². The van der Waals surface area contributed by atoms with E-state index in [4.69, 9.17) is 5.73 Å². The highest BCUT2D eigenvalue weighted by molar-refractivity contribution is 7.91. The molecule has 0 aromatic carbocycles. The molecule has 2 N–H and O–H groups in total. The van der Waals surface area contributed by atoms with E-state index in [0.29, 0.717) is 24.3 Å². The summed E-state index contributed by atoms with van der Waals surface area (Å²) in [6.07, 6.45) is 2.04. The first kappa shape index (κ1) is 14.6. The molecule has 0 bridgehead atoms. The molecular weight excluding hydrogens is 256 g/mol. The Morgan fingerprint density at radius 2 is 2.17 bits per heavy atom. The standard InChI is InChI=1S/C11H18N2O4S/c1-3-18(15,16)6-4-5-13-8-9(12)7-10(13)11(14)17-2/h7-8H,3-6,12H2,1-2H3. The lowest BCUT2D eigenvalue weighted by Gasteiger charge is -2.07. The summed E-state index contributed by atoms with van der Waals surface area (Å²) < 4.78 is 28.9. The monoisotopic (exact) mass is 274 g/mol. The summed E-state index contributed by atoms with van der Waals surface area (Å²) in [4.78, 5) is 11.4. The van der Waals surface area contributed by atoms with Crippen molar-refractivity contribution in [1.29, 1.82) is 0 Å².